The minimum atomic E-state index is -4.38. The van der Waals surface area contributed by atoms with Crippen LogP contribution in [0.15, 0.2) is 35.5 Å². The van der Waals surface area contributed by atoms with E-state index in [0.29, 0.717) is 11.0 Å². The highest BCUT2D eigenvalue weighted by Crippen LogP contribution is 2.31. The first-order chi connectivity index (χ1) is 9.92. The predicted molar refractivity (Wildman–Crippen MR) is 73.1 cm³/mol. The van der Waals surface area contributed by atoms with E-state index in [9.17, 15) is 13.2 Å². The molecule has 1 aromatic heterocycles. The van der Waals surface area contributed by atoms with Gasteiger partial charge >= 0.3 is 6.18 Å². The number of ether oxygens (including phenoxy) is 1. The first-order valence-corrected chi connectivity index (χ1v) is 6.89. The third-order valence-electron chi connectivity index (χ3n) is 2.42. The van der Waals surface area contributed by atoms with Gasteiger partial charge in [0.05, 0.1) is 5.56 Å². The molecule has 2 aromatic rings. The summed E-state index contributed by atoms with van der Waals surface area (Å²) in [6.07, 6.45) is -2.60. The maximum atomic E-state index is 12.5. The molecule has 0 spiro atoms. The summed E-state index contributed by atoms with van der Waals surface area (Å²) in [5.74, 6) is 6.03. The number of halogens is 3. The molecule has 5 nitrogen and oxygen atoms in total. The number of nitrogen functional groups attached to an aromatic ring is 1. The molecule has 2 rings (SSSR count). The molecule has 112 valence electrons. The number of nitrogens with two attached hydrogens (primary N) is 1. The van der Waals surface area contributed by atoms with Gasteiger partial charge in [-0.15, -0.1) is 0 Å². The van der Waals surface area contributed by atoms with Gasteiger partial charge in [0.15, 0.2) is 5.16 Å². The number of rotatable bonds is 4. The number of anilines is 1. The van der Waals surface area contributed by atoms with E-state index in [0.717, 1.165) is 12.1 Å². The number of thioether (sulfide) groups is 1. The topological polar surface area (TPSA) is 73.1 Å². The van der Waals surface area contributed by atoms with Crippen LogP contribution in [-0.2, 0) is 6.18 Å². The van der Waals surface area contributed by atoms with Crippen molar-refractivity contribution in [3.63, 3.8) is 0 Å². The van der Waals surface area contributed by atoms with Gasteiger partial charge in [0.2, 0.25) is 5.88 Å². The van der Waals surface area contributed by atoms with Crippen molar-refractivity contribution in [2.45, 2.75) is 11.3 Å². The Morgan fingerprint density at radius 1 is 1.19 bits per heavy atom. The summed E-state index contributed by atoms with van der Waals surface area (Å²) in [7, 11) is 0. The number of nitrogens with zero attached hydrogens (tertiary/aromatic N) is 2. The summed E-state index contributed by atoms with van der Waals surface area (Å²) in [6, 6.07) is 5.76. The highest BCUT2D eigenvalue weighted by atomic mass is 32.2. The zero-order valence-electron chi connectivity index (χ0n) is 10.8. The number of hydrogen-bond donors (Lipinski definition) is 2. The monoisotopic (exact) mass is 316 g/mol. The van der Waals surface area contributed by atoms with E-state index in [2.05, 4.69) is 15.4 Å². The van der Waals surface area contributed by atoms with Crippen molar-refractivity contribution in [3.8, 4) is 11.6 Å². The molecular formula is C12H11F3N4OS. The summed E-state index contributed by atoms with van der Waals surface area (Å²) in [5, 5.41) is 0.423. The van der Waals surface area contributed by atoms with Crippen molar-refractivity contribution in [2.24, 2.45) is 5.84 Å². The van der Waals surface area contributed by atoms with Crippen molar-refractivity contribution in [1.29, 1.82) is 0 Å². The van der Waals surface area contributed by atoms with E-state index in [-0.39, 0.29) is 11.6 Å². The molecule has 0 aliphatic rings. The lowest BCUT2D eigenvalue weighted by atomic mass is 10.2. The standard InChI is InChI=1S/C12H11F3N4OS/c1-21-11-17-9(19-16)6-10(18-11)20-8-4-2-7(3-5-8)12(13,14)15/h2-6H,16H2,1H3,(H,17,18,19). The van der Waals surface area contributed by atoms with Gasteiger partial charge in [-0.05, 0) is 30.5 Å². The Bertz CT molecular complexity index is 597. The van der Waals surface area contributed by atoms with Crippen LogP contribution in [0.4, 0.5) is 19.0 Å². The predicted octanol–water partition coefficient (Wildman–Crippen LogP) is 3.30. The summed E-state index contributed by atoms with van der Waals surface area (Å²) >= 11 is 1.28. The Balaban J connectivity index is 2.22. The molecule has 3 N–H and O–H groups in total. The molecule has 0 bridgehead atoms. The second kappa shape index (κ2) is 6.19. The number of nitrogens with one attached hydrogen (secondary N) is 1. The molecule has 0 atom stereocenters. The van der Waals surface area contributed by atoms with Crippen molar-refractivity contribution < 1.29 is 17.9 Å². The average molecular weight is 316 g/mol. The Kier molecular flexibility index (Phi) is 4.53. The van der Waals surface area contributed by atoms with Crippen molar-refractivity contribution >= 4 is 17.6 Å². The fourth-order valence-electron chi connectivity index (χ4n) is 1.45. The summed E-state index contributed by atoms with van der Waals surface area (Å²) in [4.78, 5) is 8.12. The maximum absolute atomic E-state index is 12.5. The van der Waals surface area contributed by atoms with Gasteiger partial charge in [-0.1, -0.05) is 11.8 Å². The highest BCUT2D eigenvalue weighted by molar-refractivity contribution is 7.98. The largest absolute Gasteiger partial charge is 0.439 e. The van der Waals surface area contributed by atoms with E-state index in [1.54, 1.807) is 6.26 Å². The molecule has 9 heteroatoms. The lowest BCUT2D eigenvalue weighted by Gasteiger charge is -2.09. The van der Waals surface area contributed by atoms with Crippen LogP contribution < -0.4 is 16.0 Å². The first-order valence-electron chi connectivity index (χ1n) is 5.67. The average Bonchev–Trinajstić information content (AvgIpc) is 2.46. The van der Waals surface area contributed by atoms with Crippen LogP contribution in [0.1, 0.15) is 5.56 Å². The first kappa shape index (κ1) is 15.4. The summed E-state index contributed by atoms with van der Waals surface area (Å²) in [6.45, 7) is 0. The third-order valence-corrected chi connectivity index (χ3v) is 2.96. The molecule has 0 radical (unpaired) electrons. The number of hydrazine groups is 1. The minimum Gasteiger partial charge on any atom is -0.439 e. The smallest absolute Gasteiger partial charge is 0.416 e. The number of aromatic nitrogens is 2. The second-order valence-corrected chi connectivity index (χ2v) is 4.62. The Hall–Kier alpha value is -2.00. The molecule has 1 heterocycles. The van der Waals surface area contributed by atoms with Gasteiger partial charge in [0.1, 0.15) is 11.6 Å². The van der Waals surface area contributed by atoms with Crippen molar-refractivity contribution in [1.82, 2.24) is 9.97 Å². The lowest BCUT2D eigenvalue weighted by Crippen LogP contribution is -2.09. The highest BCUT2D eigenvalue weighted by Gasteiger charge is 2.30. The number of hydrogen-bond acceptors (Lipinski definition) is 6. The SMILES string of the molecule is CSc1nc(NN)cc(Oc2ccc(C(F)(F)F)cc2)n1. The normalized spacial score (nSPS) is 11.3. The molecule has 0 saturated carbocycles. The molecule has 0 aliphatic carbocycles. The maximum Gasteiger partial charge on any atom is 0.416 e. The van der Waals surface area contributed by atoms with Gasteiger partial charge in [-0.25, -0.2) is 10.8 Å². The van der Waals surface area contributed by atoms with Gasteiger partial charge in [-0.3, -0.25) is 0 Å². The molecule has 0 aliphatic heterocycles. The third kappa shape index (κ3) is 3.99. The van der Waals surface area contributed by atoms with E-state index in [1.807, 2.05) is 0 Å². The fraction of sp³-hybridized carbons (Fsp3) is 0.167. The van der Waals surface area contributed by atoms with Crippen LogP contribution in [0, 0.1) is 0 Å². The zero-order chi connectivity index (χ0) is 15.5. The van der Waals surface area contributed by atoms with Crippen LogP contribution in [0.3, 0.4) is 0 Å². The molecule has 0 unspecified atom stereocenters. The van der Waals surface area contributed by atoms with Crippen LogP contribution in [0.5, 0.6) is 11.6 Å². The van der Waals surface area contributed by atoms with Crippen LogP contribution in [0.25, 0.3) is 0 Å². The molecule has 0 fully saturated rings. The van der Waals surface area contributed by atoms with E-state index in [1.165, 1.54) is 30.0 Å². The van der Waals surface area contributed by atoms with E-state index >= 15 is 0 Å². The van der Waals surface area contributed by atoms with Crippen LogP contribution >= 0.6 is 11.8 Å². The van der Waals surface area contributed by atoms with E-state index < -0.39 is 11.7 Å². The van der Waals surface area contributed by atoms with Crippen molar-refractivity contribution in [3.05, 3.63) is 35.9 Å². The quantitative estimate of drug-likeness (QED) is 0.390. The summed E-state index contributed by atoms with van der Waals surface area (Å²) in [5.41, 5.74) is 1.62. The van der Waals surface area contributed by atoms with Crippen molar-refractivity contribution in [2.75, 3.05) is 11.7 Å². The molecule has 0 amide bonds. The second-order valence-electron chi connectivity index (χ2n) is 3.85. The van der Waals surface area contributed by atoms with Gasteiger partial charge in [-0.2, -0.15) is 18.2 Å². The van der Waals surface area contributed by atoms with Crippen LogP contribution in [0.2, 0.25) is 0 Å². The number of alkyl halides is 3. The van der Waals surface area contributed by atoms with Gasteiger partial charge in [0, 0.05) is 6.07 Å². The molecule has 0 saturated heterocycles. The van der Waals surface area contributed by atoms with Gasteiger partial charge in [0.25, 0.3) is 0 Å². The molecule has 21 heavy (non-hydrogen) atoms. The molecular weight excluding hydrogens is 305 g/mol. The zero-order valence-corrected chi connectivity index (χ0v) is 11.6. The fourth-order valence-corrected chi connectivity index (χ4v) is 1.82. The minimum absolute atomic E-state index is 0.182. The Morgan fingerprint density at radius 3 is 2.38 bits per heavy atom. The van der Waals surface area contributed by atoms with E-state index in [4.69, 9.17) is 10.6 Å². The molecule has 1 aromatic carbocycles. The van der Waals surface area contributed by atoms with Crippen LogP contribution in [-0.4, -0.2) is 16.2 Å². The Morgan fingerprint density at radius 2 is 1.86 bits per heavy atom. The number of benzene rings is 1. The Labute approximate surface area is 122 Å². The summed E-state index contributed by atoms with van der Waals surface area (Å²) < 4.78 is 42.8. The lowest BCUT2D eigenvalue weighted by molar-refractivity contribution is -0.137. The van der Waals surface area contributed by atoms with Gasteiger partial charge < -0.3 is 10.2 Å².